The lowest BCUT2D eigenvalue weighted by molar-refractivity contribution is 0.0166. The first-order valence-corrected chi connectivity index (χ1v) is 5.35. The molecule has 1 aromatic rings. The van der Waals surface area contributed by atoms with Gasteiger partial charge < -0.3 is 9.84 Å². The number of methoxy groups -OCH3 is 1. The number of aliphatic hydroxyl groups excluding tert-OH is 1. The summed E-state index contributed by atoms with van der Waals surface area (Å²) in [6, 6.07) is 5.10. The molecule has 88 valence electrons. The Morgan fingerprint density at radius 3 is 2.94 bits per heavy atom. The Hall–Kier alpha value is -1.11. The molecule has 2 N–H and O–H groups in total. The average Bonchev–Trinajstić information content (AvgIpc) is 2.29. The van der Waals surface area contributed by atoms with E-state index in [0.717, 1.165) is 0 Å². The van der Waals surface area contributed by atoms with Gasteiger partial charge in [0.2, 0.25) is 0 Å². The van der Waals surface area contributed by atoms with Crippen molar-refractivity contribution in [3.63, 3.8) is 0 Å². The molecule has 0 atom stereocenters. The van der Waals surface area contributed by atoms with Gasteiger partial charge in [0.05, 0.1) is 30.4 Å². The van der Waals surface area contributed by atoms with Gasteiger partial charge in [0, 0.05) is 0 Å². The number of hydrogen-bond acceptors (Lipinski definition) is 4. The van der Waals surface area contributed by atoms with Gasteiger partial charge in [-0.25, -0.2) is 5.48 Å². The number of carbonyl (C=O) groups is 1. The molecule has 1 amide bonds. The summed E-state index contributed by atoms with van der Waals surface area (Å²) >= 11 is 3.27. The van der Waals surface area contributed by atoms with Crippen LogP contribution in [0.1, 0.15) is 10.4 Å². The zero-order chi connectivity index (χ0) is 12.0. The molecule has 0 saturated heterocycles. The Morgan fingerprint density at radius 2 is 2.31 bits per heavy atom. The summed E-state index contributed by atoms with van der Waals surface area (Å²) in [6.07, 6.45) is 0. The van der Waals surface area contributed by atoms with Crippen LogP contribution < -0.4 is 10.2 Å². The highest BCUT2D eigenvalue weighted by molar-refractivity contribution is 9.10. The predicted molar refractivity (Wildman–Crippen MR) is 61.2 cm³/mol. The highest BCUT2D eigenvalue weighted by Crippen LogP contribution is 2.28. The van der Waals surface area contributed by atoms with Crippen molar-refractivity contribution < 1.29 is 19.5 Å². The van der Waals surface area contributed by atoms with Crippen molar-refractivity contribution in [1.29, 1.82) is 0 Å². The number of amides is 1. The second kappa shape index (κ2) is 6.47. The Morgan fingerprint density at radius 1 is 1.56 bits per heavy atom. The largest absolute Gasteiger partial charge is 0.495 e. The van der Waals surface area contributed by atoms with Crippen molar-refractivity contribution in [2.45, 2.75) is 0 Å². The smallest absolute Gasteiger partial charge is 0.278 e. The fourth-order valence-corrected chi connectivity index (χ4v) is 1.64. The molecule has 0 fully saturated rings. The predicted octanol–water partition coefficient (Wildman–Crippen LogP) is 1.11. The zero-order valence-electron chi connectivity index (χ0n) is 8.70. The minimum Gasteiger partial charge on any atom is -0.495 e. The summed E-state index contributed by atoms with van der Waals surface area (Å²) in [6.45, 7) is -0.113. The number of hydroxylamine groups is 1. The third kappa shape index (κ3) is 3.19. The van der Waals surface area contributed by atoms with E-state index >= 15 is 0 Å². The van der Waals surface area contributed by atoms with E-state index < -0.39 is 5.91 Å². The molecule has 0 spiro atoms. The van der Waals surface area contributed by atoms with E-state index in [0.29, 0.717) is 15.8 Å². The minimum absolute atomic E-state index is 0.0437. The van der Waals surface area contributed by atoms with Gasteiger partial charge in [0.15, 0.2) is 0 Å². The Labute approximate surface area is 101 Å². The monoisotopic (exact) mass is 289 g/mol. The fourth-order valence-electron chi connectivity index (χ4n) is 1.11. The van der Waals surface area contributed by atoms with Gasteiger partial charge in [-0.05, 0) is 28.1 Å². The number of hydrogen-bond donors (Lipinski definition) is 2. The molecule has 6 heteroatoms. The van der Waals surface area contributed by atoms with Gasteiger partial charge in [0.1, 0.15) is 5.75 Å². The van der Waals surface area contributed by atoms with Gasteiger partial charge in [-0.2, -0.15) is 0 Å². The maximum Gasteiger partial charge on any atom is 0.278 e. The fraction of sp³-hybridized carbons (Fsp3) is 0.300. The van der Waals surface area contributed by atoms with Crippen LogP contribution in [0.2, 0.25) is 0 Å². The molecule has 0 aliphatic rings. The lowest BCUT2D eigenvalue weighted by Crippen LogP contribution is -2.25. The van der Waals surface area contributed by atoms with E-state index in [9.17, 15) is 4.79 Å². The maximum atomic E-state index is 11.6. The van der Waals surface area contributed by atoms with Crippen LogP contribution in [0.3, 0.4) is 0 Å². The molecule has 1 aromatic carbocycles. The molecule has 0 bridgehead atoms. The van der Waals surface area contributed by atoms with Crippen molar-refractivity contribution in [3.05, 3.63) is 28.2 Å². The second-order valence-electron chi connectivity index (χ2n) is 2.82. The minimum atomic E-state index is -0.424. The standard InChI is InChI=1S/C10H12BrNO4/c1-15-9-7(3-2-4-8(9)11)10(14)12-16-6-5-13/h2-4,13H,5-6H2,1H3,(H,12,14). The van der Waals surface area contributed by atoms with E-state index in [4.69, 9.17) is 14.7 Å². The lowest BCUT2D eigenvalue weighted by atomic mass is 10.2. The van der Waals surface area contributed by atoms with E-state index in [-0.39, 0.29) is 13.2 Å². The van der Waals surface area contributed by atoms with Gasteiger partial charge in [-0.1, -0.05) is 6.07 Å². The van der Waals surface area contributed by atoms with Gasteiger partial charge >= 0.3 is 0 Å². The lowest BCUT2D eigenvalue weighted by Gasteiger charge is -2.10. The van der Waals surface area contributed by atoms with Crippen molar-refractivity contribution in [1.82, 2.24) is 5.48 Å². The molecule has 0 aliphatic carbocycles. The number of carbonyl (C=O) groups excluding carboxylic acids is 1. The summed E-state index contributed by atoms with van der Waals surface area (Å²) in [5.74, 6) is 0.0131. The van der Waals surface area contributed by atoms with E-state index in [1.165, 1.54) is 7.11 Å². The number of ether oxygens (including phenoxy) is 1. The molecule has 0 aromatic heterocycles. The molecule has 5 nitrogen and oxygen atoms in total. The Bertz CT molecular complexity index is 370. The first-order valence-electron chi connectivity index (χ1n) is 4.56. The Balaban J connectivity index is 2.78. The highest BCUT2D eigenvalue weighted by Gasteiger charge is 2.14. The van der Waals surface area contributed by atoms with Crippen LogP contribution >= 0.6 is 15.9 Å². The van der Waals surface area contributed by atoms with Crippen LogP contribution in [0.15, 0.2) is 22.7 Å². The van der Waals surface area contributed by atoms with E-state index in [1.54, 1.807) is 18.2 Å². The highest BCUT2D eigenvalue weighted by atomic mass is 79.9. The molecular weight excluding hydrogens is 278 g/mol. The summed E-state index contributed by atoms with van der Waals surface area (Å²) in [4.78, 5) is 16.4. The molecule has 0 heterocycles. The SMILES string of the molecule is COc1c(Br)cccc1C(=O)NOCCO. The van der Waals surface area contributed by atoms with Crippen LogP contribution in [0, 0.1) is 0 Å². The van der Waals surface area contributed by atoms with Gasteiger partial charge in [-0.3, -0.25) is 9.63 Å². The third-order valence-electron chi connectivity index (χ3n) is 1.77. The average molecular weight is 290 g/mol. The Kier molecular flexibility index (Phi) is 5.24. The summed E-state index contributed by atoms with van der Waals surface area (Å²) in [5, 5.41) is 8.49. The van der Waals surface area contributed by atoms with Crippen molar-refractivity contribution in [2.75, 3.05) is 20.3 Å². The van der Waals surface area contributed by atoms with Crippen LogP contribution in [-0.2, 0) is 4.84 Å². The number of nitrogens with one attached hydrogen (secondary N) is 1. The molecule has 1 rings (SSSR count). The van der Waals surface area contributed by atoms with Crippen molar-refractivity contribution in [2.24, 2.45) is 0 Å². The molecule has 0 aliphatic heterocycles. The summed E-state index contributed by atoms with van der Waals surface area (Å²) in [7, 11) is 1.48. The van der Waals surface area contributed by atoms with Crippen LogP contribution in [0.4, 0.5) is 0 Å². The molecule has 16 heavy (non-hydrogen) atoms. The van der Waals surface area contributed by atoms with Crippen molar-refractivity contribution in [3.8, 4) is 5.75 Å². The topological polar surface area (TPSA) is 67.8 Å². The number of aliphatic hydroxyl groups is 1. The van der Waals surface area contributed by atoms with Crippen molar-refractivity contribution >= 4 is 21.8 Å². The van der Waals surface area contributed by atoms with Crippen LogP contribution in [-0.4, -0.2) is 31.3 Å². The molecule has 0 radical (unpaired) electrons. The molecule has 0 saturated carbocycles. The number of halogens is 1. The van der Waals surface area contributed by atoms with Gasteiger partial charge in [-0.15, -0.1) is 0 Å². The number of para-hydroxylation sites is 1. The van der Waals surface area contributed by atoms with Gasteiger partial charge in [0.25, 0.3) is 5.91 Å². The summed E-state index contributed by atoms with van der Waals surface area (Å²) in [5.41, 5.74) is 2.56. The first-order chi connectivity index (χ1) is 7.70. The first kappa shape index (κ1) is 13.0. The number of rotatable bonds is 5. The quantitative estimate of drug-likeness (QED) is 0.629. The number of benzene rings is 1. The third-order valence-corrected chi connectivity index (χ3v) is 2.40. The second-order valence-corrected chi connectivity index (χ2v) is 3.68. The molecular formula is C10H12BrNO4. The normalized spacial score (nSPS) is 9.94. The van der Waals surface area contributed by atoms with E-state index in [1.807, 2.05) is 0 Å². The van der Waals surface area contributed by atoms with E-state index in [2.05, 4.69) is 21.4 Å². The van der Waals surface area contributed by atoms with Crippen LogP contribution in [0.25, 0.3) is 0 Å². The zero-order valence-corrected chi connectivity index (χ0v) is 10.3. The van der Waals surface area contributed by atoms with Crippen LogP contribution in [0.5, 0.6) is 5.75 Å². The summed E-state index contributed by atoms with van der Waals surface area (Å²) < 4.78 is 5.78. The maximum absolute atomic E-state index is 11.6. The molecule has 0 unspecified atom stereocenters.